The lowest BCUT2D eigenvalue weighted by Crippen LogP contribution is -2.51. The third-order valence-corrected chi connectivity index (χ3v) is 6.72. The number of benzene rings is 2. The van der Waals surface area contributed by atoms with Gasteiger partial charge in [0.2, 0.25) is 11.8 Å². The van der Waals surface area contributed by atoms with E-state index in [1.807, 2.05) is 87.4 Å². The van der Waals surface area contributed by atoms with Gasteiger partial charge < -0.3 is 9.80 Å². The Balaban J connectivity index is 1.25. The Labute approximate surface area is 206 Å². The summed E-state index contributed by atoms with van der Waals surface area (Å²) in [5, 5.41) is 4.81. The van der Waals surface area contributed by atoms with Crippen molar-refractivity contribution < 1.29 is 9.59 Å². The molecule has 2 amide bonds. The van der Waals surface area contributed by atoms with Crippen LogP contribution in [0.15, 0.2) is 72.9 Å². The number of aromatic nitrogens is 2. The second-order valence-electron chi connectivity index (χ2n) is 9.10. The van der Waals surface area contributed by atoms with E-state index in [0.29, 0.717) is 19.6 Å². The second-order valence-corrected chi connectivity index (χ2v) is 9.10. The number of para-hydroxylation sites is 1. The predicted molar refractivity (Wildman–Crippen MR) is 137 cm³/mol. The van der Waals surface area contributed by atoms with Crippen LogP contribution in [0.5, 0.6) is 0 Å². The molecule has 2 saturated heterocycles. The maximum atomic E-state index is 13.0. The van der Waals surface area contributed by atoms with Gasteiger partial charge in [-0.25, -0.2) is 4.68 Å². The van der Waals surface area contributed by atoms with Crippen molar-refractivity contribution in [3.05, 3.63) is 78.5 Å². The fourth-order valence-corrected chi connectivity index (χ4v) is 4.69. The van der Waals surface area contributed by atoms with E-state index in [0.717, 1.165) is 61.5 Å². The number of hydrogen-bond donors (Lipinski definition) is 0. The van der Waals surface area contributed by atoms with Gasteiger partial charge in [0.05, 0.1) is 17.9 Å². The normalized spacial score (nSPS) is 16.8. The van der Waals surface area contributed by atoms with E-state index in [4.69, 9.17) is 5.10 Å². The Kier molecular flexibility index (Phi) is 7.04. The van der Waals surface area contributed by atoms with Crippen LogP contribution in [0.4, 0.5) is 0 Å². The van der Waals surface area contributed by atoms with Gasteiger partial charge in [-0.1, -0.05) is 48.5 Å². The van der Waals surface area contributed by atoms with Gasteiger partial charge in [-0.15, -0.1) is 0 Å². The maximum absolute atomic E-state index is 13.0. The minimum Gasteiger partial charge on any atom is -0.342 e. The number of likely N-dealkylation sites (tertiary alicyclic amines) is 1. The standard InChI is InChI=1S/C28H31N5O2/c34-26(32-19-17-30(18-20-32)22-27(35)31-15-7-8-16-31)14-13-24-21-33(25-11-5-2-6-12-25)29-28(24)23-9-3-1-4-10-23/h1-6,9-14,21H,7-8,15-20,22H2. The van der Waals surface area contributed by atoms with Crippen LogP contribution in [0.1, 0.15) is 18.4 Å². The molecule has 0 radical (unpaired) electrons. The Morgan fingerprint density at radius 1 is 0.800 bits per heavy atom. The van der Waals surface area contributed by atoms with Crippen LogP contribution >= 0.6 is 0 Å². The van der Waals surface area contributed by atoms with Crippen molar-refractivity contribution in [1.29, 1.82) is 0 Å². The first-order valence-electron chi connectivity index (χ1n) is 12.3. The molecule has 0 atom stereocenters. The zero-order valence-electron chi connectivity index (χ0n) is 19.9. The number of hydrogen-bond acceptors (Lipinski definition) is 4. The minimum absolute atomic E-state index is 0.0120. The number of nitrogens with zero attached hydrogens (tertiary/aromatic N) is 5. The molecule has 0 unspecified atom stereocenters. The van der Waals surface area contributed by atoms with Crippen LogP contribution in [-0.2, 0) is 9.59 Å². The summed E-state index contributed by atoms with van der Waals surface area (Å²) >= 11 is 0. The van der Waals surface area contributed by atoms with E-state index in [2.05, 4.69) is 4.90 Å². The van der Waals surface area contributed by atoms with Gasteiger partial charge in [-0.2, -0.15) is 5.10 Å². The van der Waals surface area contributed by atoms with E-state index in [9.17, 15) is 9.59 Å². The molecule has 1 aromatic heterocycles. The van der Waals surface area contributed by atoms with Crippen molar-refractivity contribution >= 4 is 17.9 Å². The monoisotopic (exact) mass is 469 g/mol. The summed E-state index contributed by atoms with van der Waals surface area (Å²) in [5.41, 5.74) is 3.70. The molecule has 3 aromatic rings. The molecule has 3 heterocycles. The average molecular weight is 470 g/mol. The summed E-state index contributed by atoms with van der Waals surface area (Å²) in [5.74, 6) is 0.202. The summed E-state index contributed by atoms with van der Waals surface area (Å²) in [6.45, 7) is 4.93. The van der Waals surface area contributed by atoms with E-state index in [-0.39, 0.29) is 11.8 Å². The van der Waals surface area contributed by atoms with Crippen LogP contribution in [-0.4, -0.2) is 82.1 Å². The van der Waals surface area contributed by atoms with Gasteiger partial charge >= 0.3 is 0 Å². The first kappa shape index (κ1) is 23.1. The first-order chi connectivity index (χ1) is 17.2. The van der Waals surface area contributed by atoms with Gasteiger partial charge in [0.15, 0.2) is 0 Å². The zero-order chi connectivity index (χ0) is 24.0. The molecule has 2 aliphatic rings. The third-order valence-electron chi connectivity index (χ3n) is 6.72. The smallest absolute Gasteiger partial charge is 0.246 e. The van der Waals surface area contributed by atoms with Gasteiger partial charge in [0.25, 0.3) is 0 Å². The molecular formula is C28H31N5O2. The molecule has 35 heavy (non-hydrogen) atoms. The Hall–Kier alpha value is -3.71. The summed E-state index contributed by atoms with van der Waals surface area (Å²) in [6, 6.07) is 20.0. The van der Waals surface area contributed by atoms with Crippen molar-refractivity contribution in [1.82, 2.24) is 24.5 Å². The minimum atomic E-state index is -0.0120. The van der Waals surface area contributed by atoms with Crippen molar-refractivity contribution in [2.24, 2.45) is 0 Å². The van der Waals surface area contributed by atoms with Crippen LogP contribution in [0, 0.1) is 0 Å². The Morgan fingerprint density at radius 2 is 1.46 bits per heavy atom. The fraction of sp³-hybridized carbons (Fsp3) is 0.321. The fourth-order valence-electron chi connectivity index (χ4n) is 4.69. The molecular weight excluding hydrogens is 438 g/mol. The highest BCUT2D eigenvalue weighted by molar-refractivity contribution is 5.93. The average Bonchev–Trinajstić information content (AvgIpc) is 3.60. The summed E-state index contributed by atoms with van der Waals surface area (Å²) in [7, 11) is 0. The molecule has 0 bridgehead atoms. The molecule has 2 aliphatic heterocycles. The summed E-state index contributed by atoms with van der Waals surface area (Å²) in [4.78, 5) is 31.4. The molecule has 2 aromatic carbocycles. The van der Waals surface area contributed by atoms with E-state index >= 15 is 0 Å². The van der Waals surface area contributed by atoms with Crippen molar-refractivity contribution in [2.75, 3.05) is 45.8 Å². The lowest BCUT2D eigenvalue weighted by molar-refractivity contribution is -0.132. The highest BCUT2D eigenvalue weighted by atomic mass is 16.2. The molecule has 0 N–H and O–H groups in total. The van der Waals surface area contributed by atoms with Gasteiger partial charge in [-0.05, 0) is 31.1 Å². The van der Waals surface area contributed by atoms with Crippen LogP contribution in [0.2, 0.25) is 0 Å². The predicted octanol–water partition coefficient (Wildman–Crippen LogP) is 3.32. The lowest BCUT2D eigenvalue weighted by Gasteiger charge is -2.34. The first-order valence-corrected chi connectivity index (χ1v) is 12.3. The van der Waals surface area contributed by atoms with E-state index < -0.39 is 0 Å². The third kappa shape index (κ3) is 5.52. The molecule has 180 valence electrons. The van der Waals surface area contributed by atoms with Gasteiger partial charge in [0.1, 0.15) is 0 Å². The molecule has 7 heteroatoms. The van der Waals surface area contributed by atoms with E-state index in [1.54, 1.807) is 6.08 Å². The number of rotatable bonds is 6. The number of piperazine rings is 1. The van der Waals surface area contributed by atoms with Crippen molar-refractivity contribution in [3.63, 3.8) is 0 Å². The quantitative estimate of drug-likeness (QED) is 0.520. The highest BCUT2D eigenvalue weighted by Crippen LogP contribution is 2.25. The Morgan fingerprint density at radius 3 is 2.14 bits per heavy atom. The summed E-state index contributed by atoms with van der Waals surface area (Å²) in [6.07, 6.45) is 7.68. The number of carbonyl (C=O) groups excluding carboxylic acids is 2. The number of carbonyl (C=O) groups is 2. The second kappa shape index (κ2) is 10.7. The van der Waals surface area contributed by atoms with Crippen LogP contribution in [0.3, 0.4) is 0 Å². The highest BCUT2D eigenvalue weighted by Gasteiger charge is 2.24. The lowest BCUT2D eigenvalue weighted by atomic mass is 10.1. The molecule has 7 nitrogen and oxygen atoms in total. The van der Waals surface area contributed by atoms with Gasteiger partial charge in [0, 0.05) is 62.7 Å². The van der Waals surface area contributed by atoms with Crippen molar-refractivity contribution in [2.45, 2.75) is 12.8 Å². The summed E-state index contributed by atoms with van der Waals surface area (Å²) < 4.78 is 1.85. The molecule has 2 fully saturated rings. The maximum Gasteiger partial charge on any atom is 0.246 e. The van der Waals surface area contributed by atoms with Crippen LogP contribution in [0.25, 0.3) is 23.0 Å². The molecule has 0 saturated carbocycles. The molecule has 0 spiro atoms. The zero-order valence-corrected chi connectivity index (χ0v) is 19.9. The van der Waals surface area contributed by atoms with Crippen molar-refractivity contribution in [3.8, 4) is 16.9 Å². The SMILES string of the molecule is O=C(C=Cc1cn(-c2ccccc2)nc1-c1ccccc1)N1CCN(CC(=O)N2CCCC2)CC1. The molecule has 5 rings (SSSR count). The Bertz CT molecular complexity index is 1170. The largest absolute Gasteiger partial charge is 0.342 e. The number of amides is 2. The van der Waals surface area contributed by atoms with Gasteiger partial charge in [-0.3, -0.25) is 14.5 Å². The topological polar surface area (TPSA) is 61.7 Å². The van der Waals surface area contributed by atoms with E-state index in [1.165, 1.54) is 0 Å². The molecule has 0 aliphatic carbocycles. The van der Waals surface area contributed by atoms with Crippen LogP contribution < -0.4 is 0 Å².